The molecule has 7 nitrogen and oxygen atoms in total. The summed E-state index contributed by atoms with van der Waals surface area (Å²) in [4.78, 5) is 22.6. The Morgan fingerprint density at radius 3 is 2.58 bits per heavy atom. The molecule has 4 rings (SSSR count). The fourth-order valence-corrected chi connectivity index (χ4v) is 5.80. The molecule has 2 atom stereocenters. The number of aromatic nitrogens is 2. The van der Waals surface area contributed by atoms with Gasteiger partial charge in [-0.15, -0.1) is 0 Å². The van der Waals surface area contributed by atoms with E-state index in [0.717, 1.165) is 28.2 Å². The topological polar surface area (TPSA) is 92.3 Å². The van der Waals surface area contributed by atoms with Crippen LogP contribution in [0.2, 0.25) is 0 Å². The van der Waals surface area contributed by atoms with Crippen LogP contribution >= 0.6 is 11.3 Å². The lowest BCUT2D eigenvalue weighted by atomic mass is 10.1. The van der Waals surface area contributed by atoms with Crippen molar-refractivity contribution in [2.45, 2.75) is 36.2 Å². The molecule has 0 spiro atoms. The average molecular weight is 461 g/mol. The highest BCUT2D eigenvalue weighted by molar-refractivity contribution is 7.91. The monoisotopic (exact) mass is 460 g/mol. The number of likely N-dealkylation sites (N-methyl/N-ethyl adjacent to an activating group) is 1. The third-order valence-corrected chi connectivity index (χ3v) is 8.27. The van der Waals surface area contributed by atoms with Crippen molar-refractivity contribution < 1.29 is 17.6 Å². The molecular weight excluding hydrogens is 439 g/mol. The second kappa shape index (κ2) is 8.45. The molecule has 1 N–H and O–H groups in total. The van der Waals surface area contributed by atoms with Crippen LogP contribution in [0.25, 0.3) is 11.3 Å². The molecule has 1 aromatic carbocycles. The van der Waals surface area contributed by atoms with Crippen LogP contribution < -0.4 is 9.62 Å². The van der Waals surface area contributed by atoms with E-state index < -0.39 is 22.2 Å². The molecule has 10 heteroatoms. The molecule has 2 heterocycles. The Bertz CT molecular complexity index is 1200. The highest BCUT2D eigenvalue weighted by Crippen LogP contribution is 2.32. The third kappa shape index (κ3) is 4.81. The van der Waals surface area contributed by atoms with Crippen LogP contribution in [0.4, 0.5) is 9.52 Å². The van der Waals surface area contributed by atoms with Crippen molar-refractivity contribution in [2.75, 3.05) is 11.9 Å². The van der Waals surface area contributed by atoms with Gasteiger partial charge in [-0.3, -0.25) is 14.7 Å². The molecule has 1 saturated carbocycles. The van der Waals surface area contributed by atoms with E-state index in [2.05, 4.69) is 14.7 Å². The molecule has 0 bridgehead atoms. The smallest absolute Gasteiger partial charge is 0.252 e. The van der Waals surface area contributed by atoms with Gasteiger partial charge in [0.1, 0.15) is 6.17 Å². The van der Waals surface area contributed by atoms with E-state index in [1.54, 1.807) is 20.2 Å². The van der Waals surface area contributed by atoms with Gasteiger partial charge in [-0.05, 0) is 31.0 Å². The fourth-order valence-electron chi connectivity index (χ4n) is 3.03. The summed E-state index contributed by atoms with van der Waals surface area (Å²) in [7, 11) is -2.31. The van der Waals surface area contributed by atoms with Crippen molar-refractivity contribution in [3.05, 3.63) is 59.9 Å². The van der Waals surface area contributed by atoms with E-state index in [4.69, 9.17) is 0 Å². The van der Waals surface area contributed by atoms with Crippen molar-refractivity contribution in [1.82, 2.24) is 14.7 Å². The molecule has 1 fully saturated rings. The Kier molecular flexibility index (Phi) is 5.87. The number of benzene rings is 1. The predicted octanol–water partition coefficient (Wildman–Crippen LogP) is 3.11. The Balaban J connectivity index is 1.45. The van der Waals surface area contributed by atoms with Gasteiger partial charge in [0.25, 0.3) is 10.0 Å². The summed E-state index contributed by atoms with van der Waals surface area (Å²) in [5.74, 6) is -0.220. The second-order valence-corrected chi connectivity index (χ2v) is 10.3. The summed E-state index contributed by atoms with van der Waals surface area (Å²) in [6.45, 7) is 1.56. The summed E-state index contributed by atoms with van der Waals surface area (Å²) in [6.07, 6.45) is 0.906. The molecule has 2 unspecified atom stereocenters. The Morgan fingerprint density at radius 1 is 1.26 bits per heavy atom. The molecule has 2 aromatic heterocycles. The number of anilines is 1. The lowest BCUT2D eigenvalue weighted by molar-refractivity contribution is -0.117. The summed E-state index contributed by atoms with van der Waals surface area (Å²) in [6, 6.07) is 12.5. The van der Waals surface area contributed by atoms with Crippen LogP contribution in [0.1, 0.15) is 17.7 Å². The number of rotatable bonds is 7. The van der Waals surface area contributed by atoms with Crippen LogP contribution in [-0.4, -0.2) is 43.6 Å². The maximum absolute atomic E-state index is 13.1. The van der Waals surface area contributed by atoms with Crippen molar-refractivity contribution >= 4 is 32.4 Å². The van der Waals surface area contributed by atoms with E-state index in [1.807, 2.05) is 42.5 Å². The minimum atomic E-state index is -3.87. The molecule has 0 aliphatic heterocycles. The van der Waals surface area contributed by atoms with Gasteiger partial charge in [-0.25, -0.2) is 22.5 Å². The van der Waals surface area contributed by atoms with E-state index in [1.165, 1.54) is 4.90 Å². The Labute approximate surface area is 184 Å². The second-order valence-electron chi connectivity index (χ2n) is 7.39. The highest BCUT2D eigenvalue weighted by Gasteiger charge is 2.41. The van der Waals surface area contributed by atoms with Crippen LogP contribution in [0, 0.1) is 6.92 Å². The van der Waals surface area contributed by atoms with Gasteiger partial charge >= 0.3 is 0 Å². The lowest BCUT2D eigenvalue weighted by Crippen LogP contribution is -2.28. The summed E-state index contributed by atoms with van der Waals surface area (Å²) in [5, 5.41) is 0.278. The zero-order chi connectivity index (χ0) is 22.2. The van der Waals surface area contributed by atoms with Crippen LogP contribution in [0.5, 0.6) is 0 Å². The lowest BCUT2D eigenvalue weighted by Gasteiger charge is -2.14. The van der Waals surface area contributed by atoms with Crippen molar-refractivity contribution in [1.29, 1.82) is 0 Å². The average Bonchev–Trinajstić information content (AvgIpc) is 3.27. The number of pyridine rings is 1. The first kappa shape index (κ1) is 21.5. The van der Waals surface area contributed by atoms with Gasteiger partial charge < -0.3 is 0 Å². The fraction of sp³-hybridized carbons (Fsp3) is 0.286. The van der Waals surface area contributed by atoms with Crippen molar-refractivity contribution in [3.8, 4) is 11.3 Å². The highest BCUT2D eigenvalue weighted by atomic mass is 32.2. The largest absolute Gasteiger partial charge is 0.291 e. The summed E-state index contributed by atoms with van der Waals surface area (Å²) < 4.78 is 40.4. The number of nitrogens with one attached hydrogen (secondary N) is 1. The first-order chi connectivity index (χ1) is 14.7. The molecule has 0 radical (unpaired) electrons. The summed E-state index contributed by atoms with van der Waals surface area (Å²) >= 11 is 0.897. The number of hydrogen-bond donors (Lipinski definition) is 1. The molecule has 1 aliphatic rings. The molecule has 1 amide bonds. The zero-order valence-electron chi connectivity index (χ0n) is 16.9. The van der Waals surface area contributed by atoms with Crippen LogP contribution in [0.3, 0.4) is 0 Å². The predicted molar refractivity (Wildman–Crippen MR) is 117 cm³/mol. The van der Waals surface area contributed by atoms with Gasteiger partial charge in [-0.2, -0.15) is 0 Å². The van der Waals surface area contributed by atoms with Gasteiger partial charge in [0.2, 0.25) is 5.91 Å². The first-order valence-corrected chi connectivity index (χ1v) is 12.0. The van der Waals surface area contributed by atoms with E-state index >= 15 is 0 Å². The number of halogens is 1. The van der Waals surface area contributed by atoms with E-state index in [-0.39, 0.29) is 33.8 Å². The molecule has 162 valence electrons. The number of nitrogens with zero attached hydrogens (tertiary/aromatic N) is 3. The quantitative estimate of drug-likeness (QED) is 0.585. The number of alkyl halides is 1. The van der Waals surface area contributed by atoms with E-state index in [0.29, 0.717) is 0 Å². The zero-order valence-corrected chi connectivity index (χ0v) is 18.6. The first-order valence-electron chi connectivity index (χ1n) is 9.65. The number of sulfonamides is 1. The Morgan fingerprint density at radius 2 is 1.97 bits per heavy atom. The van der Waals surface area contributed by atoms with Crippen molar-refractivity contribution in [2.24, 2.45) is 0 Å². The Hall–Kier alpha value is -2.69. The minimum absolute atomic E-state index is 0.000893. The number of thiazole rings is 1. The maximum atomic E-state index is 13.1. The number of amides is 1. The number of carbonyl (C=O) groups excluding carboxylic acids is 1. The maximum Gasteiger partial charge on any atom is 0.252 e. The van der Waals surface area contributed by atoms with Crippen LogP contribution in [-0.2, 0) is 21.2 Å². The summed E-state index contributed by atoms with van der Waals surface area (Å²) in [5.41, 5.74) is 2.91. The van der Waals surface area contributed by atoms with Crippen LogP contribution in [0.15, 0.2) is 52.9 Å². The SMILES string of the molecule is Cc1nc(N(C)C(=O)Cc2ccc(-c3ccccn3)cc2)sc1S(=O)(=O)NC1CC1F. The number of hydrogen-bond acceptors (Lipinski definition) is 6. The van der Waals surface area contributed by atoms with E-state index in [9.17, 15) is 17.6 Å². The normalized spacial score (nSPS) is 18.0. The molecule has 3 aromatic rings. The third-order valence-electron chi connectivity index (χ3n) is 4.94. The van der Waals surface area contributed by atoms with Crippen molar-refractivity contribution in [3.63, 3.8) is 0 Å². The van der Waals surface area contributed by atoms with Gasteiger partial charge in [0.05, 0.1) is 23.9 Å². The molecule has 0 saturated heterocycles. The van der Waals surface area contributed by atoms with Gasteiger partial charge in [0.15, 0.2) is 9.34 Å². The standard InChI is InChI=1S/C21H21FN4O3S2/c1-13-20(31(28,29)25-18-12-16(18)22)30-21(24-13)26(2)19(27)11-14-6-8-15(9-7-14)17-5-3-4-10-23-17/h3-10,16,18,25H,11-12H2,1-2H3. The number of aryl methyl sites for hydroxylation is 1. The molecule has 31 heavy (non-hydrogen) atoms. The minimum Gasteiger partial charge on any atom is -0.291 e. The van der Waals surface area contributed by atoms with Gasteiger partial charge in [0, 0.05) is 18.8 Å². The number of carbonyl (C=O) groups is 1. The van der Waals surface area contributed by atoms with Gasteiger partial charge in [-0.1, -0.05) is 41.7 Å². The molecule has 1 aliphatic carbocycles. The molecular formula is C21H21FN4O3S2.